The van der Waals surface area contributed by atoms with Gasteiger partial charge in [-0.3, -0.25) is 14.4 Å². The summed E-state index contributed by atoms with van der Waals surface area (Å²) in [7, 11) is 0. The Hall–Kier alpha value is -3.64. The fourth-order valence-electron chi connectivity index (χ4n) is 3.29. The van der Waals surface area contributed by atoms with Crippen molar-refractivity contribution in [2.24, 2.45) is 0 Å². The van der Waals surface area contributed by atoms with Gasteiger partial charge in [-0.2, -0.15) is 0 Å². The number of nitrogens with zero attached hydrogens (tertiary/aromatic N) is 1. The standard InChI is InChI=1S/C24H19ClN2O4/c1-2-13-31-17-10-7-15(8-11-17)22(28)26-21-12-9-16(14-20(21)25)27-23(29)18-5-3-4-6-19(18)24(27)30/h3-12,14H,2,13H2,1H3,(H,26,28). The second-order valence-electron chi connectivity index (χ2n) is 6.98. The zero-order chi connectivity index (χ0) is 22.0. The van der Waals surface area contributed by atoms with Crippen LogP contribution in [-0.2, 0) is 0 Å². The molecule has 0 saturated heterocycles. The first-order valence-corrected chi connectivity index (χ1v) is 10.2. The first-order chi connectivity index (χ1) is 15.0. The van der Waals surface area contributed by atoms with E-state index >= 15 is 0 Å². The summed E-state index contributed by atoms with van der Waals surface area (Å²) < 4.78 is 5.52. The van der Waals surface area contributed by atoms with Gasteiger partial charge in [-0.05, 0) is 61.0 Å². The number of fused-ring (bicyclic) bond motifs is 1. The lowest BCUT2D eigenvalue weighted by Gasteiger charge is -2.16. The van der Waals surface area contributed by atoms with Crippen molar-refractivity contribution in [3.05, 3.63) is 88.4 Å². The third-order valence-corrected chi connectivity index (χ3v) is 5.16. The Morgan fingerprint density at radius 1 is 0.968 bits per heavy atom. The van der Waals surface area contributed by atoms with Gasteiger partial charge in [-0.1, -0.05) is 30.7 Å². The molecule has 0 atom stereocenters. The molecule has 0 unspecified atom stereocenters. The predicted molar refractivity (Wildman–Crippen MR) is 119 cm³/mol. The van der Waals surface area contributed by atoms with E-state index in [-0.39, 0.29) is 10.9 Å². The highest BCUT2D eigenvalue weighted by atomic mass is 35.5. The summed E-state index contributed by atoms with van der Waals surface area (Å²) in [5.41, 5.74) is 1.87. The van der Waals surface area contributed by atoms with Crippen LogP contribution in [0.2, 0.25) is 5.02 Å². The van der Waals surface area contributed by atoms with Crippen LogP contribution < -0.4 is 15.0 Å². The van der Waals surface area contributed by atoms with Gasteiger partial charge in [0.1, 0.15) is 5.75 Å². The molecule has 0 saturated carbocycles. The summed E-state index contributed by atoms with van der Waals surface area (Å²) in [6, 6.07) is 18.1. The number of hydrogen-bond acceptors (Lipinski definition) is 4. The predicted octanol–water partition coefficient (Wildman–Crippen LogP) is 5.18. The average Bonchev–Trinajstić information content (AvgIpc) is 3.04. The number of amides is 3. The van der Waals surface area contributed by atoms with Crippen molar-refractivity contribution in [1.29, 1.82) is 0 Å². The first-order valence-electron chi connectivity index (χ1n) is 9.81. The lowest BCUT2D eigenvalue weighted by atomic mass is 10.1. The van der Waals surface area contributed by atoms with Crippen LogP contribution in [0.1, 0.15) is 44.4 Å². The van der Waals surface area contributed by atoms with E-state index in [1.807, 2.05) is 6.92 Å². The molecule has 1 aliphatic heterocycles. The van der Waals surface area contributed by atoms with Gasteiger partial charge in [0.2, 0.25) is 0 Å². The molecule has 4 rings (SSSR count). The number of rotatable bonds is 6. The van der Waals surface area contributed by atoms with Crippen LogP contribution in [0, 0.1) is 0 Å². The summed E-state index contributed by atoms with van der Waals surface area (Å²) in [5.74, 6) is -0.447. The summed E-state index contributed by atoms with van der Waals surface area (Å²) >= 11 is 6.34. The van der Waals surface area contributed by atoms with Crippen LogP contribution in [0.5, 0.6) is 5.75 Å². The molecule has 0 spiro atoms. The molecule has 0 radical (unpaired) electrons. The van der Waals surface area contributed by atoms with E-state index in [4.69, 9.17) is 16.3 Å². The second-order valence-corrected chi connectivity index (χ2v) is 7.39. The van der Waals surface area contributed by atoms with Gasteiger partial charge in [0.15, 0.2) is 0 Å². The average molecular weight is 435 g/mol. The fraction of sp³-hybridized carbons (Fsp3) is 0.125. The van der Waals surface area contributed by atoms with E-state index in [0.29, 0.717) is 40.4 Å². The highest BCUT2D eigenvalue weighted by Crippen LogP contribution is 2.33. The molecule has 1 aliphatic rings. The van der Waals surface area contributed by atoms with Crippen LogP contribution in [0.25, 0.3) is 0 Å². The Kier molecular flexibility index (Phi) is 5.73. The number of imide groups is 1. The molecule has 1 heterocycles. The molecule has 0 aromatic heterocycles. The van der Waals surface area contributed by atoms with Gasteiger partial charge < -0.3 is 10.1 Å². The van der Waals surface area contributed by atoms with Crippen LogP contribution in [0.3, 0.4) is 0 Å². The third kappa shape index (κ3) is 4.02. The SMILES string of the molecule is CCCOc1ccc(C(=O)Nc2ccc(N3C(=O)c4ccccc4C3=O)cc2Cl)cc1. The number of benzene rings is 3. The quantitative estimate of drug-likeness (QED) is 0.542. The number of carbonyl (C=O) groups excluding carboxylic acids is 3. The van der Waals surface area contributed by atoms with Crippen LogP contribution in [-0.4, -0.2) is 24.3 Å². The molecular weight excluding hydrogens is 416 g/mol. The maximum atomic E-state index is 12.6. The molecule has 1 N–H and O–H groups in total. The minimum Gasteiger partial charge on any atom is -0.494 e. The summed E-state index contributed by atoms with van der Waals surface area (Å²) in [5, 5.41) is 2.96. The van der Waals surface area contributed by atoms with Crippen LogP contribution >= 0.6 is 11.6 Å². The maximum Gasteiger partial charge on any atom is 0.266 e. The largest absolute Gasteiger partial charge is 0.494 e. The molecule has 0 aliphatic carbocycles. The molecule has 3 aromatic carbocycles. The molecule has 156 valence electrons. The topological polar surface area (TPSA) is 75.7 Å². The highest BCUT2D eigenvalue weighted by molar-refractivity contribution is 6.37. The number of nitrogens with one attached hydrogen (secondary N) is 1. The number of anilines is 2. The molecule has 7 heteroatoms. The second kappa shape index (κ2) is 8.62. The van der Waals surface area contributed by atoms with E-state index in [2.05, 4.69) is 5.32 Å². The van der Waals surface area contributed by atoms with Crippen molar-refractivity contribution < 1.29 is 19.1 Å². The minimum atomic E-state index is -0.404. The molecule has 6 nitrogen and oxygen atoms in total. The Labute approximate surface area is 184 Å². The Balaban J connectivity index is 1.50. The van der Waals surface area contributed by atoms with Crippen molar-refractivity contribution >= 4 is 40.7 Å². The number of carbonyl (C=O) groups is 3. The van der Waals surface area contributed by atoms with E-state index < -0.39 is 11.8 Å². The molecule has 0 fully saturated rings. The molecule has 31 heavy (non-hydrogen) atoms. The zero-order valence-electron chi connectivity index (χ0n) is 16.7. The smallest absolute Gasteiger partial charge is 0.266 e. The fourth-order valence-corrected chi connectivity index (χ4v) is 3.51. The van der Waals surface area contributed by atoms with Gasteiger partial charge in [0, 0.05) is 5.56 Å². The van der Waals surface area contributed by atoms with Gasteiger partial charge in [-0.25, -0.2) is 4.90 Å². The lowest BCUT2D eigenvalue weighted by molar-refractivity contribution is 0.0924. The lowest BCUT2D eigenvalue weighted by Crippen LogP contribution is -2.29. The van der Waals surface area contributed by atoms with Crippen LogP contribution in [0.4, 0.5) is 11.4 Å². The Morgan fingerprint density at radius 3 is 2.19 bits per heavy atom. The van der Waals surface area contributed by atoms with Crippen molar-refractivity contribution in [2.45, 2.75) is 13.3 Å². The molecule has 0 bridgehead atoms. The van der Waals surface area contributed by atoms with E-state index in [0.717, 1.165) is 11.3 Å². The van der Waals surface area contributed by atoms with Crippen molar-refractivity contribution in [3.8, 4) is 5.75 Å². The summed E-state index contributed by atoms with van der Waals surface area (Å²) in [6.45, 7) is 2.63. The Morgan fingerprint density at radius 2 is 1.61 bits per heavy atom. The van der Waals surface area contributed by atoms with Gasteiger partial charge in [-0.15, -0.1) is 0 Å². The third-order valence-electron chi connectivity index (χ3n) is 4.84. The van der Waals surface area contributed by atoms with Crippen molar-refractivity contribution in [2.75, 3.05) is 16.8 Å². The molecule has 3 aromatic rings. The van der Waals surface area contributed by atoms with Crippen molar-refractivity contribution in [3.63, 3.8) is 0 Å². The first kappa shape index (κ1) is 20.6. The number of ether oxygens (including phenoxy) is 1. The Bertz CT molecular complexity index is 1140. The highest BCUT2D eigenvalue weighted by Gasteiger charge is 2.36. The zero-order valence-corrected chi connectivity index (χ0v) is 17.5. The van der Waals surface area contributed by atoms with Gasteiger partial charge in [0.05, 0.1) is 34.1 Å². The van der Waals surface area contributed by atoms with Crippen molar-refractivity contribution in [1.82, 2.24) is 0 Å². The van der Waals surface area contributed by atoms with E-state index in [1.54, 1.807) is 60.7 Å². The van der Waals surface area contributed by atoms with Crippen LogP contribution in [0.15, 0.2) is 66.7 Å². The normalized spacial score (nSPS) is 12.6. The van der Waals surface area contributed by atoms with E-state index in [1.165, 1.54) is 6.07 Å². The molecule has 3 amide bonds. The summed E-state index contributed by atoms with van der Waals surface area (Å²) in [4.78, 5) is 38.9. The maximum absolute atomic E-state index is 12.6. The summed E-state index contributed by atoms with van der Waals surface area (Å²) in [6.07, 6.45) is 0.900. The van der Waals surface area contributed by atoms with Gasteiger partial charge >= 0.3 is 0 Å². The minimum absolute atomic E-state index is 0.213. The van der Waals surface area contributed by atoms with E-state index in [9.17, 15) is 14.4 Å². The van der Waals surface area contributed by atoms with Gasteiger partial charge in [0.25, 0.3) is 17.7 Å². The number of halogens is 1. The monoisotopic (exact) mass is 434 g/mol. The number of hydrogen-bond donors (Lipinski definition) is 1. The molecular formula is C24H19ClN2O4.